The van der Waals surface area contributed by atoms with E-state index in [1.54, 1.807) is 22.6 Å². The smallest absolute Gasteiger partial charge is 0.255 e. The summed E-state index contributed by atoms with van der Waals surface area (Å²) in [5.74, 6) is 0.827. The minimum Gasteiger partial charge on any atom is -0.334 e. The number of carbonyl (C=O) groups excluding carboxylic acids is 1. The predicted molar refractivity (Wildman–Crippen MR) is 113 cm³/mol. The molecule has 152 valence electrons. The highest BCUT2D eigenvalue weighted by molar-refractivity contribution is 7.10. The van der Waals surface area contributed by atoms with E-state index in [0.717, 1.165) is 49.6 Å². The van der Waals surface area contributed by atoms with E-state index < -0.39 is 0 Å². The van der Waals surface area contributed by atoms with Crippen molar-refractivity contribution in [3.8, 4) is 0 Å². The molecule has 0 saturated heterocycles. The lowest BCUT2D eigenvalue weighted by atomic mass is 10.0. The molecule has 0 radical (unpaired) electrons. The number of aryl methyl sites for hydroxylation is 2. The number of thiophene rings is 1. The van der Waals surface area contributed by atoms with Gasteiger partial charge in [-0.15, -0.1) is 21.5 Å². The van der Waals surface area contributed by atoms with Crippen LogP contribution in [-0.4, -0.2) is 49.0 Å². The summed E-state index contributed by atoms with van der Waals surface area (Å²) in [5, 5.41) is 9.97. The van der Waals surface area contributed by atoms with E-state index in [1.165, 1.54) is 16.0 Å². The van der Waals surface area contributed by atoms with Gasteiger partial charge in [-0.05, 0) is 30.0 Å². The maximum atomic E-state index is 13.0. The third-order valence-electron chi connectivity index (χ3n) is 5.47. The van der Waals surface area contributed by atoms with Crippen molar-refractivity contribution in [2.45, 2.75) is 39.4 Å². The van der Waals surface area contributed by atoms with Gasteiger partial charge in [0.15, 0.2) is 5.82 Å². The van der Waals surface area contributed by atoms with Crippen molar-refractivity contribution in [3.63, 3.8) is 0 Å². The molecule has 0 bridgehead atoms. The van der Waals surface area contributed by atoms with Gasteiger partial charge in [0.1, 0.15) is 6.33 Å². The topological polar surface area (TPSA) is 67.2 Å². The van der Waals surface area contributed by atoms with Crippen molar-refractivity contribution in [1.82, 2.24) is 29.5 Å². The Morgan fingerprint density at radius 1 is 1.34 bits per heavy atom. The van der Waals surface area contributed by atoms with Gasteiger partial charge >= 0.3 is 0 Å². The van der Waals surface area contributed by atoms with E-state index in [4.69, 9.17) is 0 Å². The first-order valence-electron chi connectivity index (χ1n) is 9.89. The molecule has 29 heavy (non-hydrogen) atoms. The van der Waals surface area contributed by atoms with E-state index in [2.05, 4.69) is 39.1 Å². The molecule has 0 aliphatic carbocycles. The number of hydrogen-bond acceptors (Lipinski definition) is 6. The fourth-order valence-corrected chi connectivity index (χ4v) is 4.74. The molecule has 1 amide bonds. The average Bonchev–Trinajstić information content (AvgIpc) is 3.33. The summed E-state index contributed by atoms with van der Waals surface area (Å²) in [5.41, 5.74) is 4.40. The highest BCUT2D eigenvalue weighted by atomic mass is 32.1. The second-order valence-corrected chi connectivity index (χ2v) is 8.51. The van der Waals surface area contributed by atoms with Gasteiger partial charge in [-0.2, -0.15) is 0 Å². The van der Waals surface area contributed by atoms with Crippen LogP contribution >= 0.6 is 11.3 Å². The highest BCUT2D eigenvalue weighted by Gasteiger charge is 2.26. The van der Waals surface area contributed by atoms with Crippen molar-refractivity contribution >= 4 is 17.2 Å². The Kier molecular flexibility index (Phi) is 5.73. The molecule has 3 aromatic rings. The number of aromatic nitrogens is 4. The maximum Gasteiger partial charge on any atom is 0.255 e. The van der Waals surface area contributed by atoms with Gasteiger partial charge in [0.05, 0.1) is 17.8 Å². The average molecular weight is 411 g/mol. The molecule has 0 aromatic carbocycles. The van der Waals surface area contributed by atoms with Crippen LogP contribution in [0, 0.1) is 0 Å². The molecular formula is C21H26N6OS. The first-order chi connectivity index (χ1) is 14.0. The SMILES string of the molecule is CCc1ccc(CN2CCc3c(C(=O)N(C)Cc4nncn4C)csc3C2)nc1. The van der Waals surface area contributed by atoms with Gasteiger partial charge in [0, 0.05) is 50.2 Å². The van der Waals surface area contributed by atoms with Crippen molar-refractivity contribution in [1.29, 1.82) is 0 Å². The van der Waals surface area contributed by atoms with Crippen molar-refractivity contribution in [2.75, 3.05) is 13.6 Å². The summed E-state index contributed by atoms with van der Waals surface area (Å²) in [7, 11) is 3.71. The first kappa shape index (κ1) is 19.7. The second kappa shape index (κ2) is 8.42. The van der Waals surface area contributed by atoms with E-state index in [0.29, 0.717) is 6.54 Å². The van der Waals surface area contributed by atoms with Gasteiger partial charge in [-0.1, -0.05) is 13.0 Å². The number of hydrogen-bond donors (Lipinski definition) is 0. The van der Waals surface area contributed by atoms with Gasteiger partial charge in [-0.3, -0.25) is 14.7 Å². The zero-order valence-electron chi connectivity index (χ0n) is 17.1. The van der Waals surface area contributed by atoms with Crippen molar-refractivity contribution < 1.29 is 4.79 Å². The van der Waals surface area contributed by atoms with Crippen LogP contribution in [0.3, 0.4) is 0 Å². The van der Waals surface area contributed by atoms with Gasteiger partial charge in [0.25, 0.3) is 5.91 Å². The predicted octanol–water partition coefficient (Wildman–Crippen LogP) is 2.66. The summed E-state index contributed by atoms with van der Waals surface area (Å²) in [6, 6.07) is 4.28. The van der Waals surface area contributed by atoms with Crippen LogP contribution in [0.25, 0.3) is 0 Å². The highest BCUT2D eigenvalue weighted by Crippen LogP contribution is 2.30. The summed E-state index contributed by atoms with van der Waals surface area (Å²) in [4.78, 5) is 23.0. The molecule has 0 atom stereocenters. The molecule has 0 spiro atoms. The molecule has 0 fully saturated rings. The largest absolute Gasteiger partial charge is 0.334 e. The summed E-state index contributed by atoms with van der Waals surface area (Å²) in [6.07, 6.45) is 5.53. The monoisotopic (exact) mass is 410 g/mol. The summed E-state index contributed by atoms with van der Waals surface area (Å²) >= 11 is 1.69. The lowest BCUT2D eigenvalue weighted by molar-refractivity contribution is 0.0779. The van der Waals surface area contributed by atoms with Crippen LogP contribution in [-0.2, 0) is 39.5 Å². The molecule has 4 heterocycles. The lowest BCUT2D eigenvalue weighted by Crippen LogP contribution is -2.32. The van der Waals surface area contributed by atoms with Crippen LogP contribution in [0.5, 0.6) is 0 Å². The van der Waals surface area contributed by atoms with Gasteiger partial charge in [0.2, 0.25) is 0 Å². The number of amides is 1. The Morgan fingerprint density at radius 3 is 2.90 bits per heavy atom. The van der Waals surface area contributed by atoms with Crippen molar-refractivity contribution in [2.24, 2.45) is 7.05 Å². The van der Waals surface area contributed by atoms with Crippen LogP contribution in [0.1, 0.15) is 44.8 Å². The molecule has 0 saturated carbocycles. The van der Waals surface area contributed by atoms with Gasteiger partial charge in [-0.25, -0.2) is 0 Å². The lowest BCUT2D eigenvalue weighted by Gasteiger charge is -2.27. The molecule has 3 aromatic heterocycles. The standard InChI is InChI=1S/C21H26N6OS/c1-4-15-5-6-16(22-9-15)10-27-8-7-17-18(13-29-19(17)11-27)21(28)25(2)12-20-24-23-14-26(20)3/h5-6,9,13-14H,4,7-8,10-12H2,1-3H3. The van der Waals surface area contributed by atoms with Crippen molar-refractivity contribution in [3.05, 3.63) is 63.1 Å². The third-order valence-corrected chi connectivity index (χ3v) is 6.48. The zero-order valence-corrected chi connectivity index (χ0v) is 17.9. The molecule has 7 nitrogen and oxygen atoms in total. The Morgan fingerprint density at radius 2 is 2.21 bits per heavy atom. The normalized spacial score (nSPS) is 14.0. The summed E-state index contributed by atoms with van der Waals surface area (Å²) in [6.45, 7) is 5.25. The molecule has 1 aliphatic rings. The second-order valence-electron chi connectivity index (χ2n) is 7.54. The number of rotatable bonds is 6. The Hall–Kier alpha value is -2.58. The fraction of sp³-hybridized carbons (Fsp3) is 0.429. The number of fused-ring (bicyclic) bond motifs is 1. The Labute approximate surface area is 175 Å². The molecule has 1 aliphatic heterocycles. The third kappa shape index (κ3) is 4.23. The summed E-state index contributed by atoms with van der Waals surface area (Å²) < 4.78 is 1.84. The molecule has 4 rings (SSSR count). The molecule has 8 heteroatoms. The molecular weight excluding hydrogens is 384 g/mol. The Balaban J connectivity index is 1.42. The van der Waals surface area contributed by atoms with Crippen LogP contribution in [0.4, 0.5) is 0 Å². The number of pyridine rings is 1. The van der Waals surface area contributed by atoms with Gasteiger partial charge < -0.3 is 9.47 Å². The minimum atomic E-state index is 0.0516. The van der Waals surface area contributed by atoms with E-state index in [-0.39, 0.29) is 5.91 Å². The van der Waals surface area contributed by atoms with Crippen LogP contribution in [0.15, 0.2) is 30.0 Å². The zero-order chi connectivity index (χ0) is 20.4. The van der Waals surface area contributed by atoms with E-state index in [1.807, 2.05) is 30.2 Å². The van der Waals surface area contributed by atoms with E-state index in [9.17, 15) is 4.79 Å². The molecule has 0 unspecified atom stereocenters. The Bertz CT molecular complexity index is 993. The number of nitrogens with zero attached hydrogens (tertiary/aromatic N) is 6. The number of carbonyl (C=O) groups is 1. The molecule has 0 N–H and O–H groups in total. The van der Waals surface area contributed by atoms with Crippen LogP contribution < -0.4 is 0 Å². The minimum absolute atomic E-state index is 0.0516. The van der Waals surface area contributed by atoms with E-state index >= 15 is 0 Å². The quantitative estimate of drug-likeness (QED) is 0.625. The van der Waals surface area contributed by atoms with Crippen LogP contribution in [0.2, 0.25) is 0 Å². The maximum absolute atomic E-state index is 13.0. The fourth-order valence-electron chi connectivity index (χ4n) is 3.62. The first-order valence-corrected chi connectivity index (χ1v) is 10.8.